The Morgan fingerprint density at radius 1 is 1.19 bits per heavy atom. The van der Waals surface area contributed by atoms with Crippen molar-refractivity contribution in [3.05, 3.63) is 48.0 Å². The lowest BCUT2D eigenvalue weighted by Gasteiger charge is -2.23. The molecule has 0 unspecified atom stereocenters. The van der Waals surface area contributed by atoms with Gasteiger partial charge in [-0.25, -0.2) is 0 Å². The van der Waals surface area contributed by atoms with E-state index in [4.69, 9.17) is 0 Å². The van der Waals surface area contributed by atoms with Crippen LogP contribution in [0.5, 0.6) is 0 Å². The standard InChI is InChI=1S/C19H32N2/c1-6-14-21(15-7-2)16-18-11-9-8-10-17(18)12-13-20-19(3,4)5/h6,8-11,20H,1,7,12-16H2,2-5H3. The minimum absolute atomic E-state index is 0.187. The van der Waals surface area contributed by atoms with Gasteiger partial charge in [0.05, 0.1) is 0 Å². The Labute approximate surface area is 131 Å². The van der Waals surface area contributed by atoms with Crippen LogP contribution in [0.2, 0.25) is 0 Å². The summed E-state index contributed by atoms with van der Waals surface area (Å²) in [5.41, 5.74) is 3.09. The van der Waals surface area contributed by atoms with Crippen molar-refractivity contribution in [1.82, 2.24) is 10.2 Å². The Morgan fingerprint density at radius 3 is 2.43 bits per heavy atom. The smallest absolute Gasteiger partial charge is 0.0239 e. The summed E-state index contributed by atoms with van der Waals surface area (Å²) in [6.45, 7) is 16.9. The van der Waals surface area contributed by atoms with Crippen molar-refractivity contribution < 1.29 is 0 Å². The van der Waals surface area contributed by atoms with Gasteiger partial charge in [-0.3, -0.25) is 4.90 Å². The predicted octanol–water partition coefficient (Wildman–Crippen LogP) is 4.02. The van der Waals surface area contributed by atoms with Gasteiger partial charge in [-0.2, -0.15) is 0 Å². The van der Waals surface area contributed by atoms with E-state index >= 15 is 0 Å². The van der Waals surface area contributed by atoms with Gasteiger partial charge in [0.1, 0.15) is 0 Å². The molecule has 21 heavy (non-hydrogen) atoms. The topological polar surface area (TPSA) is 15.3 Å². The lowest BCUT2D eigenvalue weighted by Crippen LogP contribution is -2.37. The van der Waals surface area contributed by atoms with E-state index in [9.17, 15) is 0 Å². The third-order valence-corrected chi connectivity index (χ3v) is 3.49. The van der Waals surface area contributed by atoms with Gasteiger partial charge < -0.3 is 5.32 Å². The van der Waals surface area contributed by atoms with E-state index in [2.05, 4.69) is 68.8 Å². The molecule has 0 saturated carbocycles. The third-order valence-electron chi connectivity index (χ3n) is 3.49. The van der Waals surface area contributed by atoms with E-state index in [1.54, 1.807) is 0 Å². The molecule has 2 nitrogen and oxygen atoms in total. The highest BCUT2D eigenvalue weighted by Crippen LogP contribution is 2.13. The Morgan fingerprint density at radius 2 is 1.86 bits per heavy atom. The Bertz CT molecular complexity index is 418. The van der Waals surface area contributed by atoms with Crippen LogP contribution in [0.1, 0.15) is 45.2 Å². The molecule has 0 heterocycles. The minimum atomic E-state index is 0.187. The van der Waals surface area contributed by atoms with Gasteiger partial charge in [-0.05, 0) is 57.8 Å². The van der Waals surface area contributed by atoms with Crippen LogP contribution in [0.4, 0.5) is 0 Å². The average Bonchev–Trinajstić information content (AvgIpc) is 2.40. The number of hydrogen-bond donors (Lipinski definition) is 1. The normalized spacial score (nSPS) is 11.9. The summed E-state index contributed by atoms with van der Waals surface area (Å²) in [6, 6.07) is 8.82. The molecular formula is C19H32N2. The summed E-state index contributed by atoms with van der Waals surface area (Å²) >= 11 is 0. The molecule has 0 aromatic heterocycles. The van der Waals surface area contributed by atoms with Gasteiger partial charge in [-0.1, -0.05) is 37.3 Å². The lowest BCUT2D eigenvalue weighted by atomic mass is 10.0. The fourth-order valence-electron chi connectivity index (χ4n) is 2.50. The van der Waals surface area contributed by atoms with Crippen LogP contribution in [0.3, 0.4) is 0 Å². The van der Waals surface area contributed by atoms with Crippen molar-refractivity contribution >= 4 is 0 Å². The van der Waals surface area contributed by atoms with Crippen LogP contribution in [0.25, 0.3) is 0 Å². The van der Waals surface area contributed by atoms with Crippen molar-refractivity contribution in [1.29, 1.82) is 0 Å². The maximum atomic E-state index is 3.87. The SMILES string of the molecule is C=CCN(CCC)Cc1ccccc1CCNC(C)(C)C. The van der Waals surface area contributed by atoms with Crippen molar-refractivity contribution in [3.8, 4) is 0 Å². The summed E-state index contributed by atoms with van der Waals surface area (Å²) in [6.07, 6.45) is 4.27. The molecule has 0 aliphatic carbocycles. The molecule has 0 aliphatic heterocycles. The first-order valence-electron chi connectivity index (χ1n) is 8.11. The van der Waals surface area contributed by atoms with Crippen LogP contribution in [0.15, 0.2) is 36.9 Å². The number of rotatable bonds is 9. The Hall–Kier alpha value is -1.12. The summed E-state index contributed by atoms with van der Waals surface area (Å²) in [5.74, 6) is 0. The molecule has 0 saturated heterocycles. The van der Waals surface area contributed by atoms with Crippen molar-refractivity contribution in [2.24, 2.45) is 0 Å². The second-order valence-electron chi connectivity index (χ2n) is 6.72. The first-order valence-corrected chi connectivity index (χ1v) is 8.11. The van der Waals surface area contributed by atoms with Crippen molar-refractivity contribution in [3.63, 3.8) is 0 Å². The molecule has 1 aromatic rings. The van der Waals surface area contributed by atoms with Crippen LogP contribution in [-0.4, -0.2) is 30.1 Å². The molecule has 0 atom stereocenters. The first-order chi connectivity index (χ1) is 9.96. The van der Waals surface area contributed by atoms with E-state index in [1.165, 1.54) is 17.5 Å². The largest absolute Gasteiger partial charge is 0.312 e. The highest BCUT2D eigenvalue weighted by atomic mass is 15.1. The summed E-state index contributed by atoms with van der Waals surface area (Å²) < 4.78 is 0. The quantitative estimate of drug-likeness (QED) is 0.691. The molecule has 1 aromatic carbocycles. The number of nitrogens with one attached hydrogen (secondary N) is 1. The predicted molar refractivity (Wildman–Crippen MR) is 93.7 cm³/mol. The van der Waals surface area contributed by atoms with E-state index in [0.29, 0.717) is 0 Å². The maximum Gasteiger partial charge on any atom is 0.0239 e. The second-order valence-corrected chi connectivity index (χ2v) is 6.72. The molecular weight excluding hydrogens is 256 g/mol. The highest BCUT2D eigenvalue weighted by molar-refractivity contribution is 5.27. The first kappa shape index (κ1) is 17.9. The molecule has 0 radical (unpaired) electrons. The van der Waals surface area contributed by atoms with Gasteiger partial charge in [0.15, 0.2) is 0 Å². The average molecular weight is 288 g/mol. The maximum absolute atomic E-state index is 3.87. The van der Waals surface area contributed by atoms with Gasteiger partial charge in [0.25, 0.3) is 0 Å². The molecule has 0 bridgehead atoms. The van der Waals surface area contributed by atoms with Gasteiger partial charge in [-0.15, -0.1) is 6.58 Å². The third kappa shape index (κ3) is 7.45. The van der Waals surface area contributed by atoms with Gasteiger partial charge in [0.2, 0.25) is 0 Å². The van der Waals surface area contributed by atoms with E-state index in [1.807, 2.05) is 6.08 Å². The van der Waals surface area contributed by atoms with Crippen molar-refractivity contribution in [2.45, 2.75) is 52.6 Å². The number of benzene rings is 1. The summed E-state index contributed by atoms with van der Waals surface area (Å²) in [5, 5.41) is 3.57. The van der Waals surface area contributed by atoms with Crippen molar-refractivity contribution in [2.75, 3.05) is 19.6 Å². The van der Waals surface area contributed by atoms with Crippen LogP contribution in [0, 0.1) is 0 Å². The lowest BCUT2D eigenvalue weighted by molar-refractivity contribution is 0.294. The van der Waals surface area contributed by atoms with Gasteiger partial charge in [0, 0.05) is 18.6 Å². The zero-order chi connectivity index (χ0) is 15.7. The molecule has 2 heteroatoms. The van der Waals surface area contributed by atoms with E-state index < -0.39 is 0 Å². The Balaban J connectivity index is 2.67. The molecule has 1 N–H and O–H groups in total. The van der Waals surface area contributed by atoms with Crippen LogP contribution < -0.4 is 5.32 Å². The fraction of sp³-hybridized carbons (Fsp3) is 0.579. The number of hydrogen-bond acceptors (Lipinski definition) is 2. The Kier molecular flexibility index (Phi) is 7.69. The molecule has 1 rings (SSSR count). The zero-order valence-electron chi connectivity index (χ0n) is 14.3. The highest BCUT2D eigenvalue weighted by Gasteiger charge is 2.10. The minimum Gasteiger partial charge on any atom is -0.312 e. The van der Waals surface area contributed by atoms with Crippen LogP contribution >= 0.6 is 0 Å². The second kappa shape index (κ2) is 9.01. The summed E-state index contributed by atoms with van der Waals surface area (Å²) in [7, 11) is 0. The molecule has 0 fully saturated rings. The van der Waals surface area contributed by atoms with Gasteiger partial charge >= 0.3 is 0 Å². The monoisotopic (exact) mass is 288 g/mol. The molecule has 118 valence electrons. The molecule has 0 aliphatic rings. The number of nitrogens with zero attached hydrogens (tertiary/aromatic N) is 1. The van der Waals surface area contributed by atoms with E-state index in [-0.39, 0.29) is 5.54 Å². The summed E-state index contributed by atoms with van der Waals surface area (Å²) in [4.78, 5) is 2.46. The van der Waals surface area contributed by atoms with Crippen LogP contribution in [-0.2, 0) is 13.0 Å². The fourth-order valence-corrected chi connectivity index (χ4v) is 2.50. The molecule has 0 amide bonds. The van der Waals surface area contributed by atoms with E-state index in [0.717, 1.165) is 32.6 Å². The zero-order valence-corrected chi connectivity index (χ0v) is 14.3. The molecule has 0 spiro atoms.